The zero-order chi connectivity index (χ0) is 23.9. The van der Waals surface area contributed by atoms with Crippen molar-refractivity contribution in [2.24, 2.45) is 0 Å². The minimum absolute atomic E-state index is 0.0213. The quantitative estimate of drug-likeness (QED) is 0.219. The monoisotopic (exact) mass is 483 g/mol. The second-order valence-electron chi connectivity index (χ2n) is 8.54. The van der Waals surface area contributed by atoms with Crippen LogP contribution in [0, 0.1) is 0 Å². The normalized spacial score (nSPS) is 11.2. The van der Waals surface area contributed by atoms with Crippen molar-refractivity contribution in [2.45, 2.75) is 32.2 Å². The fourth-order valence-electron chi connectivity index (χ4n) is 4.42. The van der Waals surface area contributed by atoms with Crippen LogP contribution in [0.4, 0.5) is 0 Å². The third-order valence-electron chi connectivity index (χ3n) is 6.16. The highest BCUT2D eigenvalue weighted by Crippen LogP contribution is 2.25. The predicted octanol–water partition coefficient (Wildman–Crippen LogP) is 6.47. The molecule has 0 atom stereocenters. The van der Waals surface area contributed by atoms with Crippen LogP contribution in [0.1, 0.15) is 34.8 Å². The van der Waals surface area contributed by atoms with Gasteiger partial charge in [0.1, 0.15) is 18.2 Å². The minimum Gasteiger partial charge on any atom is -0.491 e. The van der Waals surface area contributed by atoms with E-state index in [-0.39, 0.29) is 5.91 Å². The van der Waals surface area contributed by atoms with Crippen LogP contribution >= 0.6 is 11.3 Å². The second kappa shape index (κ2) is 11.2. The lowest BCUT2D eigenvalue weighted by molar-refractivity contribution is 0.0957. The van der Waals surface area contributed by atoms with Gasteiger partial charge in [-0.1, -0.05) is 61.0 Å². The van der Waals surface area contributed by atoms with Gasteiger partial charge in [0, 0.05) is 18.4 Å². The maximum Gasteiger partial charge on any atom is 0.261 e. The Kier molecular flexibility index (Phi) is 7.39. The molecule has 2 heterocycles. The Balaban J connectivity index is 1.17. The molecule has 0 saturated carbocycles. The summed E-state index contributed by atoms with van der Waals surface area (Å²) in [5.41, 5.74) is 2.17. The van der Waals surface area contributed by atoms with E-state index in [9.17, 15) is 4.79 Å². The molecule has 0 aliphatic carbocycles. The summed E-state index contributed by atoms with van der Waals surface area (Å²) in [6.07, 6.45) is 3.94. The van der Waals surface area contributed by atoms with Crippen molar-refractivity contribution in [2.75, 3.05) is 13.2 Å². The van der Waals surface area contributed by atoms with Gasteiger partial charge in [-0.15, -0.1) is 11.3 Å². The average Bonchev–Trinajstić information content (AvgIpc) is 3.55. The molecule has 0 saturated heterocycles. The molecule has 0 radical (unpaired) electrons. The van der Waals surface area contributed by atoms with Gasteiger partial charge < -0.3 is 14.6 Å². The Morgan fingerprint density at radius 2 is 1.77 bits per heavy atom. The van der Waals surface area contributed by atoms with Crippen molar-refractivity contribution in [1.29, 1.82) is 0 Å². The SMILES string of the molecule is O=C(NCCCCCc1nc2ccccc2n1CCOc1cccc2ccccc12)c1cccs1. The summed E-state index contributed by atoms with van der Waals surface area (Å²) in [7, 11) is 0. The topological polar surface area (TPSA) is 56.2 Å². The lowest BCUT2D eigenvalue weighted by Gasteiger charge is -2.12. The molecule has 5 nitrogen and oxygen atoms in total. The number of fused-ring (bicyclic) bond motifs is 2. The van der Waals surface area contributed by atoms with E-state index in [4.69, 9.17) is 9.72 Å². The van der Waals surface area contributed by atoms with Crippen molar-refractivity contribution >= 4 is 39.0 Å². The summed E-state index contributed by atoms with van der Waals surface area (Å²) in [5, 5.41) is 7.25. The molecule has 3 aromatic carbocycles. The molecule has 0 aliphatic rings. The van der Waals surface area contributed by atoms with Crippen LogP contribution in [0.3, 0.4) is 0 Å². The molecule has 5 rings (SSSR count). The van der Waals surface area contributed by atoms with E-state index >= 15 is 0 Å². The Bertz CT molecular complexity index is 1400. The predicted molar refractivity (Wildman–Crippen MR) is 143 cm³/mol. The summed E-state index contributed by atoms with van der Waals surface area (Å²) in [6.45, 7) is 2.03. The Morgan fingerprint density at radius 1 is 0.914 bits per heavy atom. The number of carbonyl (C=O) groups excluding carboxylic acids is 1. The van der Waals surface area contributed by atoms with Crippen molar-refractivity contribution in [3.05, 3.63) is 94.9 Å². The molecule has 178 valence electrons. The van der Waals surface area contributed by atoms with Gasteiger partial charge in [-0.3, -0.25) is 4.79 Å². The highest BCUT2D eigenvalue weighted by Gasteiger charge is 2.11. The zero-order valence-corrected chi connectivity index (χ0v) is 20.5. The van der Waals surface area contributed by atoms with Crippen molar-refractivity contribution in [1.82, 2.24) is 14.9 Å². The van der Waals surface area contributed by atoms with Crippen molar-refractivity contribution in [3.8, 4) is 5.75 Å². The molecule has 0 aliphatic heterocycles. The number of ether oxygens (including phenoxy) is 1. The van der Waals surface area contributed by atoms with Gasteiger partial charge in [0.15, 0.2) is 0 Å². The van der Waals surface area contributed by atoms with E-state index in [1.165, 1.54) is 16.7 Å². The summed E-state index contributed by atoms with van der Waals surface area (Å²) < 4.78 is 8.51. The average molecular weight is 484 g/mol. The summed E-state index contributed by atoms with van der Waals surface area (Å²) in [4.78, 5) is 17.7. The van der Waals surface area contributed by atoms with Gasteiger partial charge >= 0.3 is 0 Å². The summed E-state index contributed by atoms with van der Waals surface area (Å²) >= 11 is 1.47. The molecule has 35 heavy (non-hydrogen) atoms. The first-order chi connectivity index (χ1) is 17.3. The fraction of sp³-hybridized carbons (Fsp3) is 0.241. The summed E-state index contributed by atoms with van der Waals surface area (Å²) in [5.74, 6) is 2.03. The molecule has 0 unspecified atom stereocenters. The van der Waals surface area contributed by atoms with Crippen molar-refractivity contribution in [3.63, 3.8) is 0 Å². The van der Waals surface area contributed by atoms with Crippen LogP contribution in [0.2, 0.25) is 0 Å². The highest BCUT2D eigenvalue weighted by atomic mass is 32.1. The first kappa shape index (κ1) is 23.1. The lowest BCUT2D eigenvalue weighted by Crippen LogP contribution is -2.23. The number of amides is 1. The van der Waals surface area contributed by atoms with Gasteiger partial charge in [-0.25, -0.2) is 4.98 Å². The van der Waals surface area contributed by atoms with E-state index in [2.05, 4.69) is 46.3 Å². The fourth-order valence-corrected chi connectivity index (χ4v) is 5.06. The molecular weight excluding hydrogens is 454 g/mol. The number of aromatic nitrogens is 2. The Hall–Kier alpha value is -3.64. The molecule has 2 aromatic heterocycles. The number of unbranched alkanes of at least 4 members (excludes halogenated alkanes) is 2. The van der Waals surface area contributed by atoms with Gasteiger partial charge in [-0.2, -0.15) is 0 Å². The minimum atomic E-state index is 0.0213. The number of thiophene rings is 1. The molecule has 0 fully saturated rings. The lowest BCUT2D eigenvalue weighted by atomic mass is 10.1. The molecule has 0 bridgehead atoms. The zero-order valence-electron chi connectivity index (χ0n) is 19.7. The maximum absolute atomic E-state index is 12.1. The number of aryl methyl sites for hydroxylation is 1. The standard InChI is InChI=1S/C29H29N3O2S/c33-29(27-16-9-21-35-27)30-18-7-1-2-17-28-31-24-13-5-6-14-25(24)32(28)19-20-34-26-15-8-11-22-10-3-4-12-23(22)26/h3-6,8-16,21H,1-2,7,17-20H2,(H,30,33). The number of carbonyl (C=O) groups is 1. The number of nitrogens with zero attached hydrogens (tertiary/aromatic N) is 2. The molecule has 1 amide bonds. The third-order valence-corrected chi connectivity index (χ3v) is 7.03. The van der Waals surface area contributed by atoms with Gasteiger partial charge in [0.2, 0.25) is 0 Å². The van der Waals surface area contributed by atoms with Crippen molar-refractivity contribution < 1.29 is 9.53 Å². The number of para-hydroxylation sites is 2. The number of rotatable bonds is 11. The second-order valence-corrected chi connectivity index (χ2v) is 9.49. The molecule has 6 heteroatoms. The number of benzene rings is 3. The van der Waals surface area contributed by atoms with Gasteiger partial charge in [0.25, 0.3) is 5.91 Å². The van der Waals surface area contributed by atoms with Crippen LogP contribution < -0.4 is 10.1 Å². The summed E-state index contributed by atoms with van der Waals surface area (Å²) in [6, 6.07) is 26.5. The third kappa shape index (κ3) is 5.54. The Morgan fingerprint density at radius 3 is 2.69 bits per heavy atom. The molecular formula is C29H29N3O2S. The van der Waals surface area contributed by atoms with Gasteiger partial charge in [-0.05, 0) is 47.9 Å². The molecule has 1 N–H and O–H groups in total. The van der Waals surface area contributed by atoms with E-state index in [0.29, 0.717) is 13.2 Å². The van der Waals surface area contributed by atoms with Crippen LogP contribution in [0.5, 0.6) is 5.75 Å². The smallest absolute Gasteiger partial charge is 0.261 e. The van der Waals surface area contributed by atoms with Crippen LogP contribution in [-0.2, 0) is 13.0 Å². The van der Waals surface area contributed by atoms with Gasteiger partial charge in [0.05, 0.1) is 22.5 Å². The molecule has 0 spiro atoms. The first-order valence-corrected chi connectivity index (χ1v) is 13.0. The first-order valence-electron chi connectivity index (χ1n) is 12.2. The maximum atomic E-state index is 12.1. The number of hydrogen-bond donors (Lipinski definition) is 1. The number of imidazole rings is 1. The van der Waals surface area contributed by atoms with Crippen LogP contribution in [0.25, 0.3) is 21.8 Å². The van der Waals surface area contributed by atoms with E-state index in [1.54, 1.807) is 0 Å². The van der Waals surface area contributed by atoms with Crippen LogP contribution in [0.15, 0.2) is 84.2 Å². The molecule has 5 aromatic rings. The van der Waals surface area contributed by atoms with E-state index in [0.717, 1.165) is 65.1 Å². The Labute approximate surface area is 209 Å². The van der Waals surface area contributed by atoms with E-state index in [1.807, 2.05) is 47.8 Å². The highest BCUT2D eigenvalue weighted by molar-refractivity contribution is 7.12. The van der Waals surface area contributed by atoms with E-state index < -0.39 is 0 Å². The van der Waals surface area contributed by atoms with Crippen LogP contribution in [-0.4, -0.2) is 28.6 Å². The number of hydrogen-bond acceptors (Lipinski definition) is 4. The number of nitrogens with one attached hydrogen (secondary N) is 1. The largest absolute Gasteiger partial charge is 0.491 e.